The Morgan fingerprint density at radius 3 is 2.31 bits per heavy atom. The van der Waals surface area contributed by atoms with Gasteiger partial charge in [0.15, 0.2) is 0 Å². The fraction of sp³-hybridized carbons (Fsp3) is 0.818. The zero-order chi connectivity index (χ0) is 10.4. The molecule has 1 atom stereocenters. The highest BCUT2D eigenvalue weighted by Gasteiger charge is 2.18. The summed E-state index contributed by atoms with van der Waals surface area (Å²) in [5.41, 5.74) is 1.28. The molecule has 1 nitrogen and oxygen atoms in total. The Hall–Kier alpha value is 0.0500. The summed E-state index contributed by atoms with van der Waals surface area (Å²) in [6.07, 6.45) is 2.15. The highest BCUT2D eigenvalue weighted by molar-refractivity contribution is 7.98. The summed E-state index contributed by atoms with van der Waals surface area (Å²) in [7, 11) is 2.19. The van der Waals surface area contributed by atoms with Crippen molar-refractivity contribution in [2.75, 3.05) is 25.6 Å². The molecule has 0 bridgehead atoms. The molecule has 0 aromatic carbocycles. The van der Waals surface area contributed by atoms with E-state index in [1.807, 2.05) is 11.8 Å². The monoisotopic (exact) mass is 201 g/mol. The predicted molar refractivity (Wildman–Crippen MR) is 64.5 cm³/mol. The van der Waals surface area contributed by atoms with E-state index in [0.29, 0.717) is 12.0 Å². The van der Waals surface area contributed by atoms with Crippen LogP contribution in [0.25, 0.3) is 0 Å². The molecule has 0 aromatic rings. The quantitative estimate of drug-likeness (QED) is 0.608. The summed E-state index contributed by atoms with van der Waals surface area (Å²) >= 11 is 1.90. The lowest BCUT2D eigenvalue weighted by molar-refractivity contribution is 0.235. The van der Waals surface area contributed by atoms with Crippen molar-refractivity contribution in [3.8, 4) is 0 Å². The molecule has 0 N–H and O–H groups in total. The Balaban J connectivity index is 4.12. The first kappa shape index (κ1) is 13.1. The van der Waals surface area contributed by atoms with Gasteiger partial charge in [0.1, 0.15) is 0 Å². The minimum atomic E-state index is 0.534. The minimum Gasteiger partial charge on any atom is -0.299 e. The van der Waals surface area contributed by atoms with Crippen molar-refractivity contribution in [1.29, 1.82) is 0 Å². The van der Waals surface area contributed by atoms with E-state index in [9.17, 15) is 0 Å². The topological polar surface area (TPSA) is 3.24 Å². The molecular formula is C11H23NS. The normalized spacial score (nSPS) is 13.8. The maximum Gasteiger partial charge on any atom is 0.0322 e. The molecule has 0 fully saturated rings. The summed E-state index contributed by atoms with van der Waals surface area (Å²) in [6.45, 7) is 11.9. The summed E-state index contributed by atoms with van der Waals surface area (Å²) in [5.74, 6) is 1.86. The lowest BCUT2D eigenvalue weighted by atomic mass is 9.97. The number of hydrogen-bond acceptors (Lipinski definition) is 2. The minimum absolute atomic E-state index is 0.534. The third-order valence-corrected chi connectivity index (χ3v) is 2.85. The average molecular weight is 201 g/mol. The van der Waals surface area contributed by atoms with Crippen LogP contribution >= 0.6 is 11.8 Å². The first-order chi connectivity index (χ1) is 6.00. The van der Waals surface area contributed by atoms with E-state index in [-0.39, 0.29) is 0 Å². The Morgan fingerprint density at radius 2 is 2.00 bits per heavy atom. The zero-order valence-electron chi connectivity index (χ0n) is 9.63. The molecule has 0 spiro atoms. The smallest absolute Gasteiger partial charge is 0.0322 e. The molecule has 0 radical (unpaired) electrons. The van der Waals surface area contributed by atoms with Gasteiger partial charge in [-0.1, -0.05) is 26.0 Å². The van der Waals surface area contributed by atoms with Crippen LogP contribution in [0, 0.1) is 5.92 Å². The molecule has 0 aliphatic heterocycles. The zero-order valence-corrected chi connectivity index (χ0v) is 10.4. The number of rotatable bonds is 6. The Kier molecular flexibility index (Phi) is 6.52. The van der Waals surface area contributed by atoms with Gasteiger partial charge >= 0.3 is 0 Å². The Labute approximate surface area is 87.6 Å². The van der Waals surface area contributed by atoms with Crippen LogP contribution in [0.1, 0.15) is 20.8 Å². The average Bonchev–Trinajstić information content (AvgIpc) is 1.99. The molecule has 0 heterocycles. The van der Waals surface area contributed by atoms with Crippen molar-refractivity contribution in [3.63, 3.8) is 0 Å². The lowest BCUT2D eigenvalue weighted by Gasteiger charge is -2.31. The molecule has 0 saturated carbocycles. The van der Waals surface area contributed by atoms with Gasteiger partial charge in [-0.15, -0.1) is 0 Å². The van der Waals surface area contributed by atoms with Crippen LogP contribution in [0.15, 0.2) is 12.2 Å². The van der Waals surface area contributed by atoms with Gasteiger partial charge in [0.05, 0.1) is 0 Å². The third-order valence-electron chi connectivity index (χ3n) is 2.26. The number of nitrogens with zero attached hydrogens (tertiary/aromatic N) is 1. The van der Waals surface area contributed by atoms with Crippen molar-refractivity contribution < 1.29 is 0 Å². The molecule has 78 valence electrons. The maximum absolute atomic E-state index is 4.06. The fourth-order valence-electron chi connectivity index (χ4n) is 1.83. The number of thioether (sulfide) groups is 1. The number of likely N-dealkylation sites (N-methyl/N-ethyl adjacent to an activating group) is 1. The van der Waals surface area contributed by atoms with E-state index >= 15 is 0 Å². The van der Waals surface area contributed by atoms with Crippen LogP contribution in [0.5, 0.6) is 0 Å². The van der Waals surface area contributed by atoms with E-state index in [0.717, 1.165) is 6.54 Å². The van der Waals surface area contributed by atoms with E-state index in [2.05, 4.69) is 45.6 Å². The van der Waals surface area contributed by atoms with Crippen molar-refractivity contribution >= 4 is 11.8 Å². The highest BCUT2D eigenvalue weighted by Crippen LogP contribution is 2.16. The maximum atomic E-state index is 4.06. The lowest BCUT2D eigenvalue weighted by Crippen LogP contribution is -2.38. The molecule has 0 saturated heterocycles. The van der Waals surface area contributed by atoms with Crippen LogP contribution in [0.2, 0.25) is 0 Å². The van der Waals surface area contributed by atoms with Gasteiger partial charge in [0.25, 0.3) is 0 Å². The molecule has 0 aliphatic rings. The second-order valence-corrected chi connectivity index (χ2v) is 4.99. The highest BCUT2D eigenvalue weighted by atomic mass is 32.2. The van der Waals surface area contributed by atoms with Gasteiger partial charge in [-0.25, -0.2) is 0 Å². The van der Waals surface area contributed by atoms with Gasteiger partial charge in [0, 0.05) is 18.3 Å². The summed E-state index contributed by atoms with van der Waals surface area (Å²) in [5, 5.41) is 0. The molecule has 2 heteroatoms. The summed E-state index contributed by atoms with van der Waals surface area (Å²) in [4.78, 5) is 2.41. The van der Waals surface area contributed by atoms with Crippen LogP contribution in [0.4, 0.5) is 0 Å². The molecule has 0 aliphatic carbocycles. The van der Waals surface area contributed by atoms with Crippen LogP contribution < -0.4 is 0 Å². The van der Waals surface area contributed by atoms with E-state index < -0.39 is 0 Å². The molecule has 0 amide bonds. The van der Waals surface area contributed by atoms with Gasteiger partial charge in [-0.05, 0) is 26.1 Å². The van der Waals surface area contributed by atoms with E-state index in [1.54, 1.807) is 0 Å². The summed E-state index contributed by atoms with van der Waals surface area (Å²) < 4.78 is 0. The largest absolute Gasteiger partial charge is 0.299 e. The third kappa shape index (κ3) is 4.72. The Bertz CT molecular complexity index is 154. The molecular weight excluding hydrogens is 178 g/mol. The molecule has 0 aromatic heterocycles. The van der Waals surface area contributed by atoms with Gasteiger partial charge in [-0.3, -0.25) is 4.90 Å². The fourth-order valence-corrected chi connectivity index (χ4v) is 2.30. The van der Waals surface area contributed by atoms with Crippen LogP contribution in [-0.2, 0) is 0 Å². The van der Waals surface area contributed by atoms with Crippen molar-refractivity contribution in [2.45, 2.75) is 26.8 Å². The second-order valence-electron chi connectivity index (χ2n) is 4.01. The molecule has 13 heavy (non-hydrogen) atoms. The standard InChI is InChI=1S/C11H23NS/c1-9(2)11(10(3)4)12(5)7-8-13-6/h10-11H,1,7-8H2,2-6H3. The molecule has 0 rings (SSSR count). The van der Waals surface area contributed by atoms with E-state index in [4.69, 9.17) is 0 Å². The van der Waals surface area contributed by atoms with Gasteiger partial charge < -0.3 is 0 Å². The first-order valence-electron chi connectivity index (χ1n) is 4.85. The van der Waals surface area contributed by atoms with Gasteiger partial charge in [-0.2, -0.15) is 11.8 Å². The van der Waals surface area contributed by atoms with Crippen molar-refractivity contribution in [1.82, 2.24) is 4.90 Å². The summed E-state index contributed by atoms with van der Waals surface area (Å²) in [6, 6.07) is 0.534. The first-order valence-corrected chi connectivity index (χ1v) is 6.24. The second kappa shape index (κ2) is 6.50. The molecule has 1 unspecified atom stereocenters. The van der Waals surface area contributed by atoms with Crippen LogP contribution in [-0.4, -0.2) is 36.5 Å². The van der Waals surface area contributed by atoms with E-state index in [1.165, 1.54) is 11.3 Å². The van der Waals surface area contributed by atoms with Crippen LogP contribution in [0.3, 0.4) is 0 Å². The van der Waals surface area contributed by atoms with Crippen molar-refractivity contribution in [3.05, 3.63) is 12.2 Å². The SMILES string of the molecule is C=C(C)C(C(C)C)N(C)CCSC. The van der Waals surface area contributed by atoms with Crippen molar-refractivity contribution in [2.24, 2.45) is 5.92 Å². The van der Waals surface area contributed by atoms with Gasteiger partial charge in [0.2, 0.25) is 0 Å². The predicted octanol–water partition coefficient (Wildman–Crippen LogP) is 2.88. The number of hydrogen-bond donors (Lipinski definition) is 0. The Morgan fingerprint density at radius 1 is 1.46 bits per heavy atom.